The Morgan fingerprint density at radius 2 is 1.50 bits per heavy atom. The van der Waals surface area contributed by atoms with Crippen LogP contribution in [-0.4, -0.2) is 48.9 Å². The van der Waals surface area contributed by atoms with E-state index in [1.807, 2.05) is 36.4 Å². The minimum atomic E-state index is -0.386. The minimum absolute atomic E-state index is 0.130. The fourth-order valence-corrected chi connectivity index (χ4v) is 4.39. The van der Waals surface area contributed by atoms with E-state index in [-0.39, 0.29) is 24.3 Å². The van der Waals surface area contributed by atoms with Crippen molar-refractivity contribution in [3.63, 3.8) is 0 Å². The summed E-state index contributed by atoms with van der Waals surface area (Å²) >= 11 is 14.3. The lowest BCUT2D eigenvalue weighted by atomic mass is 10.1. The zero-order valence-corrected chi connectivity index (χ0v) is 18.6. The van der Waals surface area contributed by atoms with Crippen molar-refractivity contribution in [1.29, 1.82) is 0 Å². The molecule has 2 saturated heterocycles. The Labute approximate surface area is 187 Å². The number of anilines is 2. The maximum Gasteiger partial charge on any atom is 0.251 e. The number of carbonyl (C=O) groups excluding carboxylic acids is 2. The maximum absolute atomic E-state index is 13.0. The highest BCUT2D eigenvalue weighted by Crippen LogP contribution is 2.30. The van der Waals surface area contributed by atoms with E-state index >= 15 is 0 Å². The number of nitrogens with zero attached hydrogens (tertiary/aromatic N) is 3. The van der Waals surface area contributed by atoms with Gasteiger partial charge in [-0.2, -0.15) is 0 Å². The molecular formula is C20H18Cl2IN3O2. The normalized spacial score (nSPS) is 20.9. The summed E-state index contributed by atoms with van der Waals surface area (Å²) in [6, 6.07) is 12.7. The molecule has 4 rings (SSSR count). The van der Waals surface area contributed by atoms with Crippen LogP contribution in [0.1, 0.15) is 6.42 Å². The van der Waals surface area contributed by atoms with E-state index in [2.05, 4.69) is 32.4 Å². The summed E-state index contributed by atoms with van der Waals surface area (Å²) in [7, 11) is 0. The van der Waals surface area contributed by atoms with Crippen LogP contribution in [0.3, 0.4) is 0 Å². The molecular weight excluding hydrogens is 512 g/mol. The Kier molecular flexibility index (Phi) is 5.83. The fraction of sp³-hybridized carbons (Fsp3) is 0.300. The second-order valence-electron chi connectivity index (χ2n) is 6.89. The third-order valence-corrected chi connectivity index (χ3v) is 6.69. The third kappa shape index (κ3) is 3.87. The van der Waals surface area contributed by atoms with Gasteiger partial charge in [-0.05, 0) is 65.1 Å². The number of imide groups is 1. The Balaban J connectivity index is 1.43. The summed E-state index contributed by atoms with van der Waals surface area (Å²) in [4.78, 5) is 31.1. The summed E-state index contributed by atoms with van der Waals surface area (Å²) in [5.74, 6) is -0.266. The number of amides is 2. The van der Waals surface area contributed by atoms with Gasteiger partial charge in [0.2, 0.25) is 5.91 Å². The topological polar surface area (TPSA) is 43.9 Å². The van der Waals surface area contributed by atoms with E-state index in [1.54, 1.807) is 6.07 Å². The molecule has 2 heterocycles. The van der Waals surface area contributed by atoms with Crippen LogP contribution in [-0.2, 0) is 9.59 Å². The van der Waals surface area contributed by atoms with Gasteiger partial charge in [-0.25, -0.2) is 4.90 Å². The standard InChI is InChI=1S/C20H18Cl2IN3O2/c21-16-6-5-15(11-17(16)22)24-7-9-25(10-8-24)18-12-19(27)26(20(18)28)14-3-1-13(23)2-4-14/h1-6,11,18H,7-10,12H2/t18-/m1/s1. The van der Waals surface area contributed by atoms with Gasteiger partial charge in [0.25, 0.3) is 5.91 Å². The molecule has 2 aromatic carbocycles. The fourth-order valence-electron chi connectivity index (χ4n) is 3.74. The first-order valence-electron chi connectivity index (χ1n) is 9.00. The monoisotopic (exact) mass is 529 g/mol. The molecule has 2 aliphatic rings. The molecule has 0 unspecified atom stereocenters. The second kappa shape index (κ2) is 8.18. The average molecular weight is 530 g/mol. The lowest BCUT2D eigenvalue weighted by Gasteiger charge is -2.38. The van der Waals surface area contributed by atoms with Gasteiger partial charge in [-0.3, -0.25) is 14.5 Å². The van der Waals surface area contributed by atoms with Crippen molar-refractivity contribution in [3.05, 3.63) is 56.1 Å². The SMILES string of the molecule is O=C1C[C@@H](N2CCN(c3ccc(Cl)c(Cl)c3)CC2)C(=O)N1c1ccc(I)cc1. The first kappa shape index (κ1) is 19.9. The largest absolute Gasteiger partial charge is 0.369 e. The molecule has 0 bridgehead atoms. The predicted molar refractivity (Wildman–Crippen MR) is 120 cm³/mol. The zero-order valence-electron chi connectivity index (χ0n) is 14.9. The van der Waals surface area contributed by atoms with E-state index in [0.29, 0.717) is 28.8 Å². The number of benzene rings is 2. The Hall–Kier alpha value is -1.35. The first-order valence-corrected chi connectivity index (χ1v) is 10.8. The molecule has 2 aromatic rings. The highest BCUT2D eigenvalue weighted by atomic mass is 127. The molecule has 0 aliphatic carbocycles. The van der Waals surface area contributed by atoms with Crippen molar-refractivity contribution in [2.24, 2.45) is 0 Å². The molecule has 0 spiro atoms. The lowest BCUT2D eigenvalue weighted by Crippen LogP contribution is -2.52. The van der Waals surface area contributed by atoms with Gasteiger partial charge >= 0.3 is 0 Å². The van der Waals surface area contributed by atoms with E-state index in [4.69, 9.17) is 23.2 Å². The van der Waals surface area contributed by atoms with E-state index in [9.17, 15) is 9.59 Å². The van der Waals surface area contributed by atoms with Crippen molar-refractivity contribution in [2.45, 2.75) is 12.5 Å². The molecule has 2 fully saturated rings. The van der Waals surface area contributed by atoms with Crippen molar-refractivity contribution in [2.75, 3.05) is 36.0 Å². The number of hydrogen-bond acceptors (Lipinski definition) is 4. The third-order valence-electron chi connectivity index (χ3n) is 5.23. The Morgan fingerprint density at radius 3 is 2.14 bits per heavy atom. The summed E-state index contributed by atoms with van der Waals surface area (Å²) in [5, 5.41) is 1.07. The molecule has 2 aliphatic heterocycles. The molecule has 0 saturated carbocycles. The number of hydrogen-bond donors (Lipinski definition) is 0. The molecule has 0 radical (unpaired) electrons. The van der Waals surface area contributed by atoms with Gasteiger partial charge in [0, 0.05) is 35.4 Å². The van der Waals surface area contributed by atoms with Gasteiger partial charge in [0.05, 0.1) is 28.2 Å². The smallest absolute Gasteiger partial charge is 0.251 e. The van der Waals surface area contributed by atoms with E-state index in [0.717, 1.165) is 22.3 Å². The molecule has 2 amide bonds. The van der Waals surface area contributed by atoms with Crippen molar-refractivity contribution >= 4 is 69.0 Å². The molecule has 146 valence electrons. The van der Waals surface area contributed by atoms with Crippen LogP contribution in [0.4, 0.5) is 11.4 Å². The summed E-state index contributed by atoms with van der Waals surface area (Å²) in [6.07, 6.45) is 0.234. The van der Waals surface area contributed by atoms with Crippen LogP contribution < -0.4 is 9.80 Å². The number of halogens is 3. The van der Waals surface area contributed by atoms with Crippen molar-refractivity contribution in [1.82, 2.24) is 4.90 Å². The number of piperazine rings is 1. The van der Waals surface area contributed by atoms with Gasteiger partial charge in [0.1, 0.15) is 0 Å². The van der Waals surface area contributed by atoms with E-state index < -0.39 is 0 Å². The van der Waals surface area contributed by atoms with Crippen LogP contribution in [0.5, 0.6) is 0 Å². The van der Waals surface area contributed by atoms with E-state index in [1.165, 1.54) is 4.90 Å². The van der Waals surface area contributed by atoms with Gasteiger partial charge in [-0.15, -0.1) is 0 Å². The highest BCUT2D eigenvalue weighted by molar-refractivity contribution is 14.1. The highest BCUT2D eigenvalue weighted by Gasteiger charge is 2.43. The summed E-state index contributed by atoms with van der Waals surface area (Å²) in [6.45, 7) is 2.95. The number of carbonyl (C=O) groups is 2. The van der Waals surface area contributed by atoms with Gasteiger partial charge < -0.3 is 4.90 Å². The summed E-state index contributed by atoms with van der Waals surface area (Å²) in [5.41, 5.74) is 1.66. The van der Waals surface area contributed by atoms with Crippen LogP contribution in [0, 0.1) is 3.57 Å². The average Bonchev–Trinajstić information content (AvgIpc) is 2.99. The second-order valence-corrected chi connectivity index (χ2v) is 8.95. The van der Waals surface area contributed by atoms with Crippen molar-refractivity contribution < 1.29 is 9.59 Å². The minimum Gasteiger partial charge on any atom is -0.369 e. The molecule has 1 atom stereocenters. The molecule has 28 heavy (non-hydrogen) atoms. The first-order chi connectivity index (χ1) is 13.4. The molecule has 0 aromatic heterocycles. The van der Waals surface area contributed by atoms with Gasteiger partial charge in [0.15, 0.2) is 0 Å². The zero-order chi connectivity index (χ0) is 19.8. The van der Waals surface area contributed by atoms with Crippen LogP contribution in [0.15, 0.2) is 42.5 Å². The van der Waals surface area contributed by atoms with Crippen LogP contribution in [0.25, 0.3) is 0 Å². The molecule has 5 nitrogen and oxygen atoms in total. The van der Waals surface area contributed by atoms with Gasteiger partial charge in [-0.1, -0.05) is 23.2 Å². The maximum atomic E-state index is 13.0. The molecule has 0 N–H and O–H groups in total. The lowest BCUT2D eigenvalue weighted by molar-refractivity contribution is -0.123. The Morgan fingerprint density at radius 1 is 0.857 bits per heavy atom. The number of rotatable bonds is 3. The molecule has 8 heteroatoms. The van der Waals surface area contributed by atoms with Crippen LogP contribution in [0.2, 0.25) is 10.0 Å². The predicted octanol–water partition coefficient (Wildman–Crippen LogP) is 4.05. The van der Waals surface area contributed by atoms with Crippen LogP contribution >= 0.6 is 45.8 Å². The van der Waals surface area contributed by atoms with Crippen molar-refractivity contribution in [3.8, 4) is 0 Å². The quantitative estimate of drug-likeness (QED) is 0.444. The Bertz CT molecular complexity index is 914. The summed E-state index contributed by atoms with van der Waals surface area (Å²) < 4.78 is 1.07.